The second-order valence-electron chi connectivity index (χ2n) is 9.62. The highest BCUT2D eigenvalue weighted by molar-refractivity contribution is 7.62. The third-order valence-electron chi connectivity index (χ3n) is 6.39. The molecule has 4 atom stereocenters. The Morgan fingerprint density at radius 1 is 0.625 bits per heavy atom. The van der Waals surface area contributed by atoms with Crippen molar-refractivity contribution >= 4 is 60.5 Å². The molecule has 17 nitrogen and oxygen atoms in total. The number of rotatable bonds is 17. The summed E-state index contributed by atoms with van der Waals surface area (Å²) in [7, 11) is -5.23. The van der Waals surface area contributed by atoms with Crippen molar-refractivity contribution < 1.29 is 81.8 Å². The van der Waals surface area contributed by atoms with Gasteiger partial charge in [0, 0.05) is 12.8 Å². The van der Waals surface area contributed by atoms with Crippen LogP contribution in [-0.2, 0) is 37.4 Å². The van der Waals surface area contributed by atoms with Crippen molar-refractivity contribution in [2.75, 3.05) is 21.3 Å². The molecule has 3 aromatic rings. The summed E-state index contributed by atoms with van der Waals surface area (Å²) in [6, 6.07) is 14.0. The van der Waals surface area contributed by atoms with Gasteiger partial charge in [0.1, 0.15) is 5.30 Å². The maximum absolute atomic E-state index is 12.6. The minimum atomic E-state index is -4.67. The summed E-state index contributed by atoms with van der Waals surface area (Å²) in [5.74, 6) is -5.42. The van der Waals surface area contributed by atoms with Gasteiger partial charge in [-0.05, 0) is 41.8 Å². The summed E-state index contributed by atoms with van der Waals surface area (Å²) >= 11 is 0. The average molecular weight is 717 g/mol. The molecular weight excluding hydrogens is 682 g/mol. The molecule has 3 rings (SSSR count). The molecule has 262 valence electrons. The zero-order valence-electron chi connectivity index (χ0n) is 25.7. The van der Waals surface area contributed by atoms with Gasteiger partial charge in [0.05, 0.1) is 26.6 Å². The maximum atomic E-state index is 12.6. The minimum absolute atomic E-state index is 0.0165. The van der Waals surface area contributed by atoms with E-state index < -0.39 is 77.0 Å². The number of ether oxygens (including phenoxy) is 3. The number of methoxy groups -OCH3 is 3. The van der Waals surface area contributed by atoms with Crippen LogP contribution in [0.5, 0.6) is 17.2 Å². The van der Waals surface area contributed by atoms with Crippen molar-refractivity contribution in [3.8, 4) is 17.2 Å². The van der Waals surface area contributed by atoms with Gasteiger partial charge in [0.25, 0.3) is 0 Å². The van der Waals surface area contributed by atoms with Gasteiger partial charge in [-0.3, -0.25) is 27.8 Å². The SMILES string of the molecule is COc1ccc(P(=O)(O)OC(CCC(=O)O)C(=O)O)c(OC)c1OC.O=C(O)CCC(OP(=O)(O)c1cccc2ccccc12)C(=O)O. The van der Waals surface area contributed by atoms with E-state index in [1.807, 2.05) is 0 Å². The van der Waals surface area contributed by atoms with Crippen LogP contribution in [-0.4, -0.2) is 87.6 Å². The van der Waals surface area contributed by atoms with Crippen LogP contribution in [0.1, 0.15) is 25.7 Å². The number of fused-ring (bicyclic) bond motifs is 1. The molecule has 0 spiro atoms. The summed E-state index contributed by atoms with van der Waals surface area (Å²) in [5.41, 5.74) is 0. The van der Waals surface area contributed by atoms with Crippen LogP contribution in [0.2, 0.25) is 0 Å². The number of carbonyl (C=O) groups is 4. The van der Waals surface area contributed by atoms with E-state index in [1.54, 1.807) is 36.4 Å². The van der Waals surface area contributed by atoms with Gasteiger partial charge in [-0.25, -0.2) is 9.59 Å². The van der Waals surface area contributed by atoms with Crippen LogP contribution in [0.25, 0.3) is 10.8 Å². The first kappa shape index (κ1) is 39.7. The standard InChI is InChI=1S/C15H15O7P.C14H19O10P/c16-14(17)9-8-12(15(18)19)22-23(20,21)13-7-3-5-10-4-1-2-6-11(10)13;1-21-8-4-6-10(13(23-3)12(8)22-2)25(19,20)24-9(14(17)18)5-7-11(15)16/h1-7,12H,8-9H2,(H,16,17)(H,18,19)(H,20,21);4,6,9H,5,7H2,1-3H3,(H,15,16)(H,17,18)(H,19,20). The van der Waals surface area contributed by atoms with Crippen LogP contribution in [0, 0.1) is 0 Å². The Morgan fingerprint density at radius 2 is 1.10 bits per heavy atom. The number of hydrogen-bond donors (Lipinski definition) is 6. The lowest BCUT2D eigenvalue weighted by Crippen LogP contribution is -2.26. The van der Waals surface area contributed by atoms with E-state index in [9.17, 15) is 38.1 Å². The first-order valence-electron chi connectivity index (χ1n) is 13.7. The molecule has 3 aromatic carbocycles. The van der Waals surface area contributed by atoms with Crippen LogP contribution in [0.3, 0.4) is 0 Å². The van der Waals surface area contributed by atoms with E-state index in [0.29, 0.717) is 10.8 Å². The van der Waals surface area contributed by atoms with Crippen molar-refractivity contribution in [2.45, 2.75) is 37.9 Å². The second-order valence-corrected chi connectivity index (χ2v) is 13.1. The Morgan fingerprint density at radius 3 is 1.56 bits per heavy atom. The molecule has 0 saturated heterocycles. The number of benzene rings is 3. The van der Waals surface area contributed by atoms with Gasteiger partial charge in [0.2, 0.25) is 5.75 Å². The van der Waals surface area contributed by atoms with Crippen LogP contribution in [0.15, 0.2) is 54.6 Å². The monoisotopic (exact) mass is 716 g/mol. The van der Waals surface area contributed by atoms with Crippen LogP contribution in [0.4, 0.5) is 0 Å². The quantitative estimate of drug-likeness (QED) is 0.110. The highest BCUT2D eigenvalue weighted by Crippen LogP contribution is 2.50. The molecule has 48 heavy (non-hydrogen) atoms. The molecule has 0 bridgehead atoms. The van der Waals surface area contributed by atoms with Crippen molar-refractivity contribution in [2.24, 2.45) is 0 Å². The lowest BCUT2D eigenvalue weighted by atomic mass is 10.1. The normalized spacial score (nSPS) is 14.6. The molecule has 4 unspecified atom stereocenters. The van der Waals surface area contributed by atoms with Gasteiger partial charge in [0.15, 0.2) is 23.7 Å². The molecular formula is C29H34O17P2. The van der Waals surface area contributed by atoms with E-state index in [1.165, 1.54) is 39.5 Å². The summed E-state index contributed by atoms with van der Waals surface area (Å²) in [4.78, 5) is 63.9. The molecule has 0 aliphatic heterocycles. The molecule has 0 aromatic heterocycles. The van der Waals surface area contributed by atoms with E-state index in [-0.39, 0.29) is 27.9 Å². The van der Waals surface area contributed by atoms with E-state index in [2.05, 4.69) is 0 Å². The Labute approximate surface area is 273 Å². The second kappa shape index (κ2) is 17.6. The molecule has 0 radical (unpaired) electrons. The smallest absolute Gasteiger partial charge is 0.363 e. The molecule has 19 heteroatoms. The van der Waals surface area contributed by atoms with Crippen LogP contribution >= 0.6 is 15.2 Å². The first-order valence-corrected chi connectivity index (χ1v) is 16.8. The fourth-order valence-corrected chi connectivity index (χ4v) is 6.98. The Balaban J connectivity index is 0.000000334. The zero-order chi connectivity index (χ0) is 36.2. The molecule has 6 N–H and O–H groups in total. The number of aliphatic carboxylic acids is 4. The average Bonchev–Trinajstić information content (AvgIpc) is 3.03. The van der Waals surface area contributed by atoms with E-state index in [4.69, 9.17) is 43.7 Å². The Bertz CT molecular complexity index is 1720. The molecule has 0 fully saturated rings. The fourth-order valence-electron chi connectivity index (χ4n) is 4.17. The van der Waals surface area contributed by atoms with E-state index >= 15 is 0 Å². The molecule has 0 saturated carbocycles. The largest absolute Gasteiger partial charge is 0.493 e. The minimum Gasteiger partial charge on any atom is -0.493 e. The van der Waals surface area contributed by atoms with Gasteiger partial charge in [-0.15, -0.1) is 0 Å². The third-order valence-corrected chi connectivity index (χ3v) is 9.43. The summed E-state index contributed by atoms with van der Waals surface area (Å²) in [5, 5.41) is 36.2. The molecule has 0 aliphatic carbocycles. The third kappa shape index (κ3) is 10.8. The van der Waals surface area contributed by atoms with Gasteiger partial charge in [-0.2, -0.15) is 0 Å². The molecule has 0 amide bonds. The predicted molar refractivity (Wildman–Crippen MR) is 168 cm³/mol. The highest BCUT2D eigenvalue weighted by atomic mass is 31.2. The number of carboxylic acid groups (broad SMARTS) is 4. The number of hydrogen-bond acceptors (Lipinski definition) is 11. The van der Waals surface area contributed by atoms with Crippen molar-refractivity contribution in [1.82, 2.24) is 0 Å². The molecule has 0 aliphatic rings. The van der Waals surface area contributed by atoms with Crippen molar-refractivity contribution in [3.05, 3.63) is 54.6 Å². The first-order chi connectivity index (χ1) is 22.5. The molecule has 0 heterocycles. The number of carboxylic acids is 4. The van der Waals surface area contributed by atoms with Crippen molar-refractivity contribution in [3.63, 3.8) is 0 Å². The fraction of sp³-hybridized carbons (Fsp3) is 0.310. The van der Waals surface area contributed by atoms with Crippen molar-refractivity contribution in [1.29, 1.82) is 0 Å². The summed E-state index contributed by atoms with van der Waals surface area (Å²) in [6.07, 6.45) is -5.37. The summed E-state index contributed by atoms with van der Waals surface area (Å²) < 4.78 is 50.0. The lowest BCUT2D eigenvalue weighted by Gasteiger charge is -2.21. The zero-order valence-corrected chi connectivity index (χ0v) is 27.5. The van der Waals surface area contributed by atoms with Crippen LogP contribution < -0.4 is 24.8 Å². The topological polar surface area (TPSA) is 270 Å². The van der Waals surface area contributed by atoms with Gasteiger partial charge >= 0.3 is 39.1 Å². The van der Waals surface area contributed by atoms with Gasteiger partial charge in [-0.1, -0.05) is 36.4 Å². The lowest BCUT2D eigenvalue weighted by molar-refractivity contribution is -0.148. The summed E-state index contributed by atoms with van der Waals surface area (Å²) in [6.45, 7) is 0. The Hall–Kier alpha value is -4.50. The Kier molecular flexibility index (Phi) is 14.5. The maximum Gasteiger partial charge on any atom is 0.363 e. The highest BCUT2D eigenvalue weighted by Gasteiger charge is 2.36. The van der Waals surface area contributed by atoms with E-state index in [0.717, 1.165) is 0 Å². The predicted octanol–water partition coefficient (Wildman–Crippen LogP) is 2.84. The van der Waals surface area contributed by atoms with Gasteiger partial charge < -0.3 is 44.4 Å².